The smallest absolute Gasteiger partial charge is 0.332 e. The van der Waals surface area contributed by atoms with E-state index < -0.39 is 0 Å². The van der Waals surface area contributed by atoms with Crippen LogP contribution in [0.1, 0.15) is 19.2 Å². The molecule has 9 heteroatoms. The molecule has 0 N–H and O–H groups in total. The SMILES string of the molecule is CCCn1c(CN2CCN(c3ccccc3F)CC2)nc2c1c(=O)n(C)c(=O)n2C. The molecule has 1 aliphatic rings. The lowest BCUT2D eigenvalue weighted by molar-refractivity contribution is 0.240. The average molecular weight is 414 g/mol. The largest absolute Gasteiger partial charge is 0.367 e. The number of anilines is 1. The number of rotatable bonds is 5. The van der Waals surface area contributed by atoms with Crippen LogP contribution in [0.25, 0.3) is 11.2 Å². The summed E-state index contributed by atoms with van der Waals surface area (Å²) in [4.78, 5) is 34.1. The lowest BCUT2D eigenvalue weighted by atomic mass is 10.2. The standard InChI is InChI=1S/C21H27FN6O2/c1-4-9-28-17(23-19-18(28)20(29)25(3)21(30)24(19)2)14-26-10-12-27(13-11-26)16-8-6-5-7-15(16)22/h5-8H,4,9-14H2,1-3H3. The van der Waals surface area contributed by atoms with Gasteiger partial charge in [0, 0.05) is 46.8 Å². The van der Waals surface area contributed by atoms with E-state index in [1.807, 2.05) is 16.7 Å². The summed E-state index contributed by atoms with van der Waals surface area (Å²) in [6.45, 7) is 6.26. The van der Waals surface area contributed by atoms with Crippen molar-refractivity contribution in [2.45, 2.75) is 26.4 Å². The van der Waals surface area contributed by atoms with Gasteiger partial charge in [0.05, 0.1) is 12.2 Å². The molecular weight excluding hydrogens is 387 g/mol. The molecule has 1 saturated heterocycles. The van der Waals surface area contributed by atoms with Crippen molar-refractivity contribution in [3.63, 3.8) is 0 Å². The fraction of sp³-hybridized carbons (Fsp3) is 0.476. The van der Waals surface area contributed by atoms with E-state index in [1.165, 1.54) is 17.7 Å². The zero-order chi connectivity index (χ0) is 21.4. The molecule has 30 heavy (non-hydrogen) atoms. The molecule has 1 aromatic carbocycles. The van der Waals surface area contributed by atoms with Gasteiger partial charge in [-0.2, -0.15) is 0 Å². The van der Waals surface area contributed by atoms with E-state index in [0.29, 0.717) is 29.9 Å². The summed E-state index contributed by atoms with van der Waals surface area (Å²) in [5.74, 6) is 0.581. The zero-order valence-corrected chi connectivity index (χ0v) is 17.6. The van der Waals surface area contributed by atoms with Crippen molar-refractivity contribution in [2.75, 3.05) is 31.1 Å². The summed E-state index contributed by atoms with van der Waals surface area (Å²) in [6, 6.07) is 6.84. The number of piperazine rings is 1. The van der Waals surface area contributed by atoms with E-state index >= 15 is 0 Å². The summed E-state index contributed by atoms with van der Waals surface area (Å²) in [5.41, 5.74) is 0.843. The van der Waals surface area contributed by atoms with Crippen LogP contribution in [0.3, 0.4) is 0 Å². The monoisotopic (exact) mass is 414 g/mol. The molecule has 1 aliphatic heterocycles. The Kier molecular flexibility index (Phi) is 5.46. The fourth-order valence-corrected chi connectivity index (χ4v) is 4.13. The van der Waals surface area contributed by atoms with Gasteiger partial charge < -0.3 is 9.47 Å². The number of nitrogens with zero attached hydrogens (tertiary/aromatic N) is 6. The minimum Gasteiger partial charge on any atom is -0.367 e. The Balaban J connectivity index is 1.60. The lowest BCUT2D eigenvalue weighted by Crippen LogP contribution is -2.46. The van der Waals surface area contributed by atoms with Crippen LogP contribution in [0.15, 0.2) is 33.9 Å². The molecule has 0 spiro atoms. The van der Waals surface area contributed by atoms with Crippen molar-refractivity contribution in [2.24, 2.45) is 14.1 Å². The van der Waals surface area contributed by atoms with E-state index in [2.05, 4.69) is 21.7 Å². The van der Waals surface area contributed by atoms with Crippen molar-refractivity contribution in [3.8, 4) is 0 Å². The number of para-hydroxylation sites is 1. The minimum absolute atomic E-state index is 0.201. The molecule has 2 aromatic heterocycles. The van der Waals surface area contributed by atoms with E-state index in [1.54, 1.807) is 13.1 Å². The Bertz CT molecular complexity index is 1190. The molecular formula is C21H27FN6O2. The van der Waals surface area contributed by atoms with Crippen molar-refractivity contribution in [1.29, 1.82) is 0 Å². The molecule has 0 radical (unpaired) electrons. The molecule has 1 fully saturated rings. The highest BCUT2D eigenvalue weighted by Gasteiger charge is 2.23. The van der Waals surface area contributed by atoms with Crippen LogP contribution in [-0.4, -0.2) is 49.8 Å². The predicted molar refractivity (Wildman–Crippen MR) is 114 cm³/mol. The van der Waals surface area contributed by atoms with Crippen molar-refractivity contribution in [3.05, 3.63) is 56.7 Å². The van der Waals surface area contributed by atoms with Gasteiger partial charge in [-0.3, -0.25) is 18.8 Å². The number of aromatic nitrogens is 4. The summed E-state index contributed by atoms with van der Waals surface area (Å²) in [5, 5.41) is 0. The van der Waals surface area contributed by atoms with Gasteiger partial charge in [-0.05, 0) is 18.6 Å². The molecule has 160 valence electrons. The molecule has 0 aliphatic carbocycles. The van der Waals surface area contributed by atoms with Gasteiger partial charge in [0.1, 0.15) is 11.6 Å². The van der Waals surface area contributed by atoms with E-state index in [4.69, 9.17) is 0 Å². The van der Waals surface area contributed by atoms with Gasteiger partial charge >= 0.3 is 5.69 Å². The summed E-state index contributed by atoms with van der Waals surface area (Å²) < 4.78 is 18.6. The first-order valence-corrected chi connectivity index (χ1v) is 10.3. The van der Waals surface area contributed by atoms with E-state index in [9.17, 15) is 14.0 Å². The Morgan fingerprint density at radius 3 is 2.40 bits per heavy atom. The highest BCUT2D eigenvalue weighted by molar-refractivity contribution is 5.71. The Morgan fingerprint density at radius 2 is 1.73 bits per heavy atom. The number of halogens is 1. The second-order valence-corrected chi connectivity index (χ2v) is 7.77. The van der Waals surface area contributed by atoms with Crippen LogP contribution in [0.5, 0.6) is 0 Å². The first kappa shape index (κ1) is 20.3. The first-order valence-electron chi connectivity index (χ1n) is 10.3. The second-order valence-electron chi connectivity index (χ2n) is 7.77. The third kappa shape index (κ3) is 3.43. The van der Waals surface area contributed by atoms with Crippen LogP contribution in [0.2, 0.25) is 0 Å². The van der Waals surface area contributed by atoms with Crippen molar-refractivity contribution >= 4 is 16.9 Å². The van der Waals surface area contributed by atoms with E-state index in [0.717, 1.165) is 43.0 Å². The third-order valence-corrected chi connectivity index (χ3v) is 5.80. The molecule has 0 unspecified atom stereocenters. The van der Waals surface area contributed by atoms with Gasteiger partial charge in [-0.15, -0.1) is 0 Å². The van der Waals surface area contributed by atoms with Crippen LogP contribution >= 0.6 is 0 Å². The van der Waals surface area contributed by atoms with Crippen LogP contribution in [0, 0.1) is 5.82 Å². The summed E-state index contributed by atoms with van der Waals surface area (Å²) in [7, 11) is 3.14. The highest BCUT2D eigenvalue weighted by atomic mass is 19.1. The second kappa shape index (κ2) is 8.06. The molecule has 4 rings (SSSR count). The topological polar surface area (TPSA) is 68.3 Å². The molecule has 0 bridgehead atoms. The number of fused-ring (bicyclic) bond motifs is 1. The quantitative estimate of drug-likeness (QED) is 0.630. The Hall–Kier alpha value is -2.94. The van der Waals surface area contributed by atoms with Gasteiger partial charge in [0.15, 0.2) is 11.2 Å². The number of imidazole rings is 1. The first-order chi connectivity index (χ1) is 14.4. The normalized spacial score (nSPS) is 15.3. The molecule has 0 atom stereocenters. The number of benzene rings is 1. The molecule has 8 nitrogen and oxygen atoms in total. The fourth-order valence-electron chi connectivity index (χ4n) is 4.13. The number of hydrogen-bond donors (Lipinski definition) is 0. The minimum atomic E-state index is -0.376. The maximum atomic E-state index is 14.1. The maximum absolute atomic E-state index is 14.1. The predicted octanol–water partition coefficient (Wildman–Crippen LogP) is 1.31. The molecule has 3 heterocycles. The van der Waals surface area contributed by atoms with Crippen LogP contribution in [0.4, 0.5) is 10.1 Å². The summed E-state index contributed by atoms with van der Waals surface area (Å²) >= 11 is 0. The van der Waals surface area contributed by atoms with Gasteiger partial charge in [-0.25, -0.2) is 14.2 Å². The van der Waals surface area contributed by atoms with Crippen molar-refractivity contribution < 1.29 is 4.39 Å². The molecule has 0 saturated carbocycles. The van der Waals surface area contributed by atoms with Gasteiger partial charge in [-0.1, -0.05) is 19.1 Å². The zero-order valence-electron chi connectivity index (χ0n) is 17.6. The molecule has 0 amide bonds. The Morgan fingerprint density at radius 1 is 1.03 bits per heavy atom. The highest BCUT2D eigenvalue weighted by Crippen LogP contribution is 2.21. The van der Waals surface area contributed by atoms with Gasteiger partial charge in [0.2, 0.25) is 0 Å². The number of aryl methyl sites for hydroxylation is 2. The molecule has 3 aromatic rings. The van der Waals surface area contributed by atoms with Crippen molar-refractivity contribution in [1.82, 2.24) is 23.6 Å². The van der Waals surface area contributed by atoms with Crippen LogP contribution < -0.4 is 16.1 Å². The van der Waals surface area contributed by atoms with Gasteiger partial charge in [0.25, 0.3) is 5.56 Å². The lowest BCUT2D eigenvalue weighted by Gasteiger charge is -2.36. The third-order valence-electron chi connectivity index (χ3n) is 5.80. The van der Waals surface area contributed by atoms with Crippen LogP contribution in [-0.2, 0) is 27.2 Å². The average Bonchev–Trinajstić information content (AvgIpc) is 3.10. The summed E-state index contributed by atoms with van der Waals surface area (Å²) in [6.07, 6.45) is 0.853. The maximum Gasteiger partial charge on any atom is 0.332 e. The number of hydrogen-bond acceptors (Lipinski definition) is 5. The Labute approximate surface area is 173 Å². The van der Waals surface area contributed by atoms with E-state index in [-0.39, 0.29) is 17.1 Å².